The topological polar surface area (TPSA) is 61.0 Å². The van der Waals surface area contributed by atoms with Gasteiger partial charge >= 0.3 is 0 Å². The third-order valence-electron chi connectivity index (χ3n) is 2.94. The second-order valence-corrected chi connectivity index (χ2v) is 4.99. The Hall–Kier alpha value is -2.10. The zero-order valence-corrected chi connectivity index (χ0v) is 11.8. The Bertz CT molecular complexity index is 574. The minimum absolute atomic E-state index is 0.229. The van der Waals surface area contributed by atoms with Crippen molar-refractivity contribution in [2.45, 2.75) is 33.6 Å². The maximum absolute atomic E-state index is 5.83. The molecule has 100 valence electrons. The molecule has 0 aliphatic rings. The van der Waals surface area contributed by atoms with Crippen LogP contribution in [-0.2, 0) is 0 Å². The quantitative estimate of drug-likeness (QED) is 0.912. The first kappa shape index (κ1) is 13.3. The summed E-state index contributed by atoms with van der Waals surface area (Å²) in [4.78, 5) is 8.12. The standard InChI is InChI=1S/C15H19N3O/c1-9(2)12-6-5-10(3)13(8-12)19-14-7-11(4)17-15(16)18-14/h5-9H,1-4H3,(H2,16,17,18). The lowest BCUT2D eigenvalue weighted by Gasteiger charge is -2.12. The Morgan fingerprint density at radius 2 is 1.84 bits per heavy atom. The van der Waals surface area contributed by atoms with Gasteiger partial charge in [0.1, 0.15) is 5.75 Å². The molecule has 19 heavy (non-hydrogen) atoms. The third-order valence-corrected chi connectivity index (χ3v) is 2.94. The first-order valence-electron chi connectivity index (χ1n) is 6.35. The first-order valence-corrected chi connectivity index (χ1v) is 6.35. The second-order valence-electron chi connectivity index (χ2n) is 4.99. The van der Waals surface area contributed by atoms with Crippen molar-refractivity contribution in [2.24, 2.45) is 0 Å². The van der Waals surface area contributed by atoms with Gasteiger partial charge in [-0.05, 0) is 37.0 Å². The highest BCUT2D eigenvalue weighted by molar-refractivity contribution is 5.40. The van der Waals surface area contributed by atoms with Crippen LogP contribution in [0.25, 0.3) is 0 Å². The summed E-state index contributed by atoms with van der Waals surface area (Å²) >= 11 is 0. The van der Waals surface area contributed by atoms with Crippen molar-refractivity contribution < 1.29 is 4.74 Å². The predicted molar refractivity (Wildman–Crippen MR) is 76.5 cm³/mol. The SMILES string of the molecule is Cc1cc(Oc2cc(C(C)C)ccc2C)nc(N)n1. The number of ether oxygens (including phenoxy) is 1. The van der Waals surface area contributed by atoms with Crippen LogP contribution in [0.5, 0.6) is 11.6 Å². The van der Waals surface area contributed by atoms with Crippen molar-refractivity contribution in [2.75, 3.05) is 5.73 Å². The summed E-state index contributed by atoms with van der Waals surface area (Å²) in [7, 11) is 0. The van der Waals surface area contributed by atoms with E-state index in [1.165, 1.54) is 5.56 Å². The Morgan fingerprint density at radius 3 is 2.47 bits per heavy atom. The van der Waals surface area contributed by atoms with Crippen LogP contribution in [0.2, 0.25) is 0 Å². The van der Waals surface area contributed by atoms with Gasteiger partial charge in [-0.2, -0.15) is 4.98 Å². The van der Waals surface area contributed by atoms with Crippen molar-refractivity contribution in [1.29, 1.82) is 0 Å². The summed E-state index contributed by atoms with van der Waals surface area (Å²) in [5, 5.41) is 0. The molecular weight excluding hydrogens is 238 g/mol. The molecular formula is C15H19N3O. The number of anilines is 1. The molecule has 2 rings (SSSR count). The Labute approximate surface area is 113 Å². The number of nitrogens with zero attached hydrogens (tertiary/aromatic N) is 2. The molecule has 2 aromatic rings. The molecule has 1 aromatic carbocycles. The smallest absolute Gasteiger partial charge is 0.224 e. The molecule has 1 heterocycles. The average Bonchev–Trinajstić information content (AvgIpc) is 2.30. The van der Waals surface area contributed by atoms with Crippen LogP contribution in [-0.4, -0.2) is 9.97 Å². The van der Waals surface area contributed by atoms with E-state index in [0.29, 0.717) is 11.8 Å². The van der Waals surface area contributed by atoms with Crippen molar-refractivity contribution in [3.8, 4) is 11.6 Å². The van der Waals surface area contributed by atoms with Gasteiger partial charge < -0.3 is 10.5 Å². The zero-order valence-electron chi connectivity index (χ0n) is 11.8. The Morgan fingerprint density at radius 1 is 1.11 bits per heavy atom. The molecule has 0 fully saturated rings. The van der Waals surface area contributed by atoms with Gasteiger partial charge in [0.05, 0.1) is 0 Å². The van der Waals surface area contributed by atoms with Crippen molar-refractivity contribution in [3.63, 3.8) is 0 Å². The minimum Gasteiger partial charge on any atom is -0.439 e. The molecule has 0 amide bonds. The molecule has 0 spiro atoms. The van der Waals surface area contributed by atoms with Gasteiger partial charge in [0.2, 0.25) is 11.8 Å². The van der Waals surface area contributed by atoms with Crippen LogP contribution in [0, 0.1) is 13.8 Å². The summed E-state index contributed by atoms with van der Waals surface area (Å²) in [5.41, 5.74) is 8.72. The number of rotatable bonds is 3. The van der Waals surface area contributed by atoms with E-state index in [0.717, 1.165) is 17.0 Å². The van der Waals surface area contributed by atoms with Gasteiger partial charge in [0, 0.05) is 11.8 Å². The molecule has 0 atom stereocenters. The summed E-state index contributed by atoms with van der Waals surface area (Å²) < 4.78 is 5.83. The number of aryl methyl sites for hydroxylation is 2. The highest BCUT2D eigenvalue weighted by atomic mass is 16.5. The maximum Gasteiger partial charge on any atom is 0.224 e. The third kappa shape index (κ3) is 3.22. The Balaban J connectivity index is 2.34. The molecule has 0 saturated heterocycles. The van der Waals surface area contributed by atoms with Crippen molar-refractivity contribution >= 4 is 5.95 Å². The van der Waals surface area contributed by atoms with Crippen LogP contribution < -0.4 is 10.5 Å². The number of hydrogen-bond acceptors (Lipinski definition) is 4. The molecule has 1 aromatic heterocycles. The van der Waals surface area contributed by atoms with E-state index in [1.807, 2.05) is 19.9 Å². The van der Waals surface area contributed by atoms with E-state index in [-0.39, 0.29) is 5.95 Å². The summed E-state index contributed by atoms with van der Waals surface area (Å²) in [5.74, 6) is 1.98. The monoisotopic (exact) mass is 257 g/mol. The van der Waals surface area contributed by atoms with Gasteiger partial charge in [-0.25, -0.2) is 4.98 Å². The molecule has 0 bridgehead atoms. The van der Waals surface area contributed by atoms with E-state index in [9.17, 15) is 0 Å². The van der Waals surface area contributed by atoms with Crippen LogP contribution >= 0.6 is 0 Å². The highest BCUT2D eigenvalue weighted by Gasteiger charge is 2.08. The number of nitrogen functional groups attached to an aromatic ring is 1. The largest absolute Gasteiger partial charge is 0.439 e. The van der Waals surface area contributed by atoms with E-state index in [1.54, 1.807) is 6.07 Å². The van der Waals surface area contributed by atoms with Crippen LogP contribution in [0.4, 0.5) is 5.95 Å². The normalized spacial score (nSPS) is 10.8. The maximum atomic E-state index is 5.83. The average molecular weight is 257 g/mol. The van der Waals surface area contributed by atoms with E-state index >= 15 is 0 Å². The lowest BCUT2D eigenvalue weighted by molar-refractivity contribution is 0.457. The lowest BCUT2D eigenvalue weighted by Crippen LogP contribution is -2.00. The number of nitrogens with two attached hydrogens (primary N) is 1. The first-order chi connectivity index (χ1) is 8.95. The highest BCUT2D eigenvalue weighted by Crippen LogP contribution is 2.28. The fraction of sp³-hybridized carbons (Fsp3) is 0.333. The lowest BCUT2D eigenvalue weighted by atomic mass is 10.0. The Kier molecular flexibility index (Phi) is 3.69. The molecule has 4 nitrogen and oxygen atoms in total. The molecule has 0 unspecified atom stereocenters. The van der Waals surface area contributed by atoms with Gasteiger partial charge in [0.25, 0.3) is 0 Å². The van der Waals surface area contributed by atoms with Crippen molar-refractivity contribution in [1.82, 2.24) is 9.97 Å². The number of benzene rings is 1. The predicted octanol–water partition coefficient (Wildman–Crippen LogP) is 3.59. The van der Waals surface area contributed by atoms with Gasteiger partial charge in [-0.1, -0.05) is 26.0 Å². The second kappa shape index (κ2) is 5.26. The van der Waals surface area contributed by atoms with Crippen LogP contribution in [0.3, 0.4) is 0 Å². The van der Waals surface area contributed by atoms with Crippen molar-refractivity contribution in [3.05, 3.63) is 41.1 Å². The molecule has 0 aliphatic carbocycles. The molecule has 0 aliphatic heterocycles. The fourth-order valence-electron chi connectivity index (χ4n) is 1.81. The molecule has 2 N–H and O–H groups in total. The summed E-state index contributed by atoms with van der Waals surface area (Å²) in [6.07, 6.45) is 0. The van der Waals surface area contributed by atoms with Gasteiger partial charge in [-0.3, -0.25) is 0 Å². The summed E-state index contributed by atoms with van der Waals surface area (Å²) in [6.45, 7) is 8.18. The number of aromatic nitrogens is 2. The van der Waals surface area contributed by atoms with E-state index in [4.69, 9.17) is 10.5 Å². The van der Waals surface area contributed by atoms with Gasteiger partial charge in [-0.15, -0.1) is 0 Å². The molecule has 4 heteroatoms. The fourth-order valence-corrected chi connectivity index (χ4v) is 1.81. The van der Waals surface area contributed by atoms with Crippen LogP contribution in [0.15, 0.2) is 24.3 Å². The minimum atomic E-state index is 0.229. The van der Waals surface area contributed by atoms with E-state index in [2.05, 4.69) is 35.9 Å². The van der Waals surface area contributed by atoms with Gasteiger partial charge in [0.15, 0.2) is 0 Å². The van der Waals surface area contributed by atoms with Crippen LogP contribution in [0.1, 0.15) is 36.6 Å². The number of hydrogen-bond donors (Lipinski definition) is 1. The molecule has 0 saturated carbocycles. The zero-order chi connectivity index (χ0) is 14.0. The van der Waals surface area contributed by atoms with E-state index < -0.39 is 0 Å². The summed E-state index contributed by atoms with van der Waals surface area (Å²) in [6, 6.07) is 8.00. The molecule has 0 radical (unpaired) electrons.